The van der Waals surface area contributed by atoms with E-state index in [-0.39, 0.29) is 0 Å². The lowest BCUT2D eigenvalue weighted by atomic mass is 10.0. The minimum atomic E-state index is 1.10. The Morgan fingerprint density at radius 3 is 1.49 bits per heavy atom. The van der Waals surface area contributed by atoms with Crippen LogP contribution in [-0.2, 0) is 0 Å². The van der Waals surface area contributed by atoms with Crippen LogP contribution in [0.5, 0.6) is 0 Å². The van der Waals surface area contributed by atoms with Crippen LogP contribution in [0.4, 0.5) is 34.1 Å². The summed E-state index contributed by atoms with van der Waals surface area (Å²) >= 11 is 1.88. The Balaban J connectivity index is 1.38. The van der Waals surface area contributed by atoms with Crippen molar-refractivity contribution in [3.05, 3.63) is 194 Å². The standard InChI is InChI=1S/C46H32N2S/c1-5-16-33(17-6-1)35-19-15-26-39(30-35)48(38-24-11-4-12-25-38)44-32-45-42(41-29-28-34-18-13-14-27-40(34)46(41)49-45)31-43(44)47(36-20-7-2-8-21-36)37-22-9-3-10-23-37/h1-32H. The molecule has 0 aliphatic heterocycles. The van der Waals surface area contributed by atoms with E-state index in [1.165, 1.54) is 42.1 Å². The van der Waals surface area contributed by atoms with Crippen LogP contribution in [-0.4, -0.2) is 0 Å². The van der Waals surface area contributed by atoms with Crippen LogP contribution in [0, 0.1) is 0 Å². The van der Waals surface area contributed by atoms with Gasteiger partial charge in [0.05, 0.1) is 11.4 Å². The fraction of sp³-hybridized carbons (Fsp3) is 0. The number of para-hydroxylation sites is 3. The minimum Gasteiger partial charge on any atom is -0.308 e. The number of hydrogen-bond donors (Lipinski definition) is 0. The lowest BCUT2D eigenvalue weighted by Gasteiger charge is -2.33. The summed E-state index contributed by atoms with van der Waals surface area (Å²) in [5.74, 6) is 0. The molecule has 2 nitrogen and oxygen atoms in total. The third-order valence-electron chi connectivity index (χ3n) is 9.20. The third-order valence-corrected chi connectivity index (χ3v) is 10.4. The Morgan fingerprint density at radius 2 is 0.837 bits per heavy atom. The van der Waals surface area contributed by atoms with Gasteiger partial charge in [0.2, 0.25) is 0 Å². The lowest BCUT2D eigenvalue weighted by Crippen LogP contribution is -2.17. The topological polar surface area (TPSA) is 6.48 Å². The quantitative estimate of drug-likeness (QED) is 0.170. The van der Waals surface area contributed by atoms with E-state index in [4.69, 9.17) is 0 Å². The summed E-state index contributed by atoms with van der Waals surface area (Å²) in [6.07, 6.45) is 0. The fourth-order valence-electron chi connectivity index (χ4n) is 6.93. The minimum absolute atomic E-state index is 1.10. The molecule has 232 valence electrons. The van der Waals surface area contributed by atoms with E-state index in [1.54, 1.807) is 0 Å². The summed E-state index contributed by atoms with van der Waals surface area (Å²) in [5, 5.41) is 5.10. The summed E-state index contributed by atoms with van der Waals surface area (Å²) in [6.45, 7) is 0. The zero-order valence-electron chi connectivity index (χ0n) is 26.8. The molecule has 0 N–H and O–H groups in total. The van der Waals surface area contributed by atoms with Gasteiger partial charge >= 0.3 is 0 Å². The van der Waals surface area contributed by atoms with E-state index in [1.807, 2.05) is 11.3 Å². The van der Waals surface area contributed by atoms with Gasteiger partial charge in [0, 0.05) is 42.9 Å². The molecule has 0 saturated carbocycles. The summed E-state index contributed by atoms with van der Waals surface area (Å²) < 4.78 is 2.57. The molecule has 1 aromatic heterocycles. The fourth-order valence-corrected chi connectivity index (χ4v) is 8.18. The molecular weight excluding hydrogens is 613 g/mol. The highest BCUT2D eigenvalue weighted by Crippen LogP contribution is 2.50. The van der Waals surface area contributed by atoms with Crippen LogP contribution in [0.25, 0.3) is 42.1 Å². The van der Waals surface area contributed by atoms with E-state index in [0.717, 1.165) is 34.1 Å². The normalized spacial score (nSPS) is 11.3. The summed E-state index contributed by atoms with van der Waals surface area (Å²) in [4.78, 5) is 4.82. The van der Waals surface area contributed by atoms with Gasteiger partial charge < -0.3 is 9.80 Å². The van der Waals surface area contributed by atoms with E-state index < -0.39 is 0 Å². The van der Waals surface area contributed by atoms with Gasteiger partial charge in [-0.25, -0.2) is 0 Å². The van der Waals surface area contributed by atoms with Gasteiger partial charge in [0.15, 0.2) is 0 Å². The van der Waals surface area contributed by atoms with Crippen LogP contribution >= 0.6 is 11.3 Å². The van der Waals surface area contributed by atoms with Crippen molar-refractivity contribution in [1.82, 2.24) is 0 Å². The molecule has 0 spiro atoms. The molecule has 9 aromatic rings. The maximum absolute atomic E-state index is 2.42. The van der Waals surface area contributed by atoms with Crippen molar-refractivity contribution in [1.29, 1.82) is 0 Å². The average molecular weight is 645 g/mol. The molecule has 0 radical (unpaired) electrons. The second kappa shape index (κ2) is 12.5. The van der Waals surface area contributed by atoms with Gasteiger partial charge in [0.1, 0.15) is 0 Å². The highest BCUT2D eigenvalue weighted by Gasteiger charge is 2.24. The number of fused-ring (bicyclic) bond motifs is 5. The Bertz CT molecular complexity index is 2500. The van der Waals surface area contributed by atoms with Gasteiger partial charge in [-0.2, -0.15) is 0 Å². The highest BCUT2D eigenvalue weighted by atomic mass is 32.1. The van der Waals surface area contributed by atoms with E-state index >= 15 is 0 Å². The number of thiophene rings is 1. The molecule has 0 fully saturated rings. The van der Waals surface area contributed by atoms with Crippen molar-refractivity contribution in [3.63, 3.8) is 0 Å². The Labute approximate surface area is 290 Å². The molecule has 1 heterocycles. The van der Waals surface area contributed by atoms with Crippen molar-refractivity contribution < 1.29 is 0 Å². The number of hydrogen-bond acceptors (Lipinski definition) is 3. The first-order valence-corrected chi connectivity index (χ1v) is 17.4. The van der Waals surface area contributed by atoms with Crippen molar-refractivity contribution in [3.8, 4) is 11.1 Å². The predicted molar refractivity (Wildman–Crippen MR) is 212 cm³/mol. The number of rotatable bonds is 7. The average Bonchev–Trinajstić information content (AvgIpc) is 3.55. The van der Waals surface area contributed by atoms with Gasteiger partial charge in [-0.3, -0.25) is 0 Å². The Morgan fingerprint density at radius 1 is 0.327 bits per heavy atom. The zero-order chi connectivity index (χ0) is 32.6. The summed E-state index contributed by atoms with van der Waals surface area (Å²) in [5.41, 5.74) is 8.98. The van der Waals surface area contributed by atoms with Crippen molar-refractivity contribution in [2.24, 2.45) is 0 Å². The number of anilines is 6. The molecule has 0 saturated heterocycles. The van der Waals surface area contributed by atoms with Crippen LogP contribution in [0.2, 0.25) is 0 Å². The first-order chi connectivity index (χ1) is 24.3. The van der Waals surface area contributed by atoms with Crippen molar-refractivity contribution in [2.75, 3.05) is 9.80 Å². The molecule has 0 aliphatic rings. The van der Waals surface area contributed by atoms with Crippen LogP contribution in [0.15, 0.2) is 194 Å². The van der Waals surface area contributed by atoms with E-state index in [2.05, 4.69) is 204 Å². The van der Waals surface area contributed by atoms with Crippen LogP contribution in [0.1, 0.15) is 0 Å². The largest absolute Gasteiger partial charge is 0.308 e. The molecule has 8 aromatic carbocycles. The molecule has 3 heteroatoms. The molecule has 0 bridgehead atoms. The molecular formula is C46H32N2S. The molecule has 49 heavy (non-hydrogen) atoms. The number of nitrogens with zero attached hydrogens (tertiary/aromatic N) is 2. The predicted octanol–water partition coefficient (Wildman–Crippen LogP) is 13.8. The van der Waals surface area contributed by atoms with Gasteiger partial charge in [-0.05, 0) is 82.6 Å². The number of benzene rings is 8. The second-order valence-corrected chi connectivity index (χ2v) is 13.2. The molecule has 0 unspecified atom stereocenters. The first kappa shape index (κ1) is 29.0. The Kier molecular flexibility index (Phi) is 7.38. The summed E-state index contributed by atoms with van der Waals surface area (Å²) in [7, 11) is 0. The second-order valence-electron chi connectivity index (χ2n) is 12.2. The molecule has 0 aliphatic carbocycles. The SMILES string of the molecule is c1ccc(-c2cccc(N(c3ccccc3)c3cc4sc5c6ccccc6ccc5c4cc3N(c3ccccc3)c3ccccc3)c2)cc1. The molecule has 0 amide bonds. The van der Waals surface area contributed by atoms with E-state index in [0.29, 0.717) is 0 Å². The smallest absolute Gasteiger partial charge is 0.0716 e. The van der Waals surface area contributed by atoms with Gasteiger partial charge in [0.25, 0.3) is 0 Å². The van der Waals surface area contributed by atoms with Crippen LogP contribution in [0.3, 0.4) is 0 Å². The summed E-state index contributed by atoms with van der Waals surface area (Å²) in [6, 6.07) is 69.8. The Hall–Kier alpha value is -6.16. The molecule has 9 rings (SSSR count). The highest BCUT2D eigenvalue weighted by molar-refractivity contribution is 7.26. The van der Waals surface area contributed by atoms with Crippen LogP contribution < -0.4 is 9.80 Å². The molecule has 0 atom stereocenters. The monoisotopic (exact) mass is 644 g/mol. The first-order valence-electron chi connectivity index (χ1n) is 16.6. The maximum Gasteiger partial charge on any atom is 0.0716 e. The zero-order valence-corrected chi connectivity index (χ0v) is 27.6. The lowest BCUT2D eigenvalue weighted by molar-refractivity contribution is 1.23. The van der Waals surface area contributed by atoms with Crippen molar-refractivity contribution in [2.45, 2.75) is 0 Å². The third kappa shape index (κ3) is 5.31. The van der Waals surface area contributed by atoms with Crippen molar-refractivity contribution >= 4 is 76.4 Å². The van der Waals surface area contributed by atoms with Gasteiger partial charge in [-0.15, -0.1) is 11.3 Å². The maximum atomic E-state index is 2.42. The van der Waals surface area contributed by atoms with Gasteiger partial charge in [-0.1, -0.05) is 133 Å². The van der Waals surface area contributed by atoms with E-state index in [9.17, 15) is 0 Å².